The number of carbonyl (C=O) groups is 1. The second kappa shape index (κ2) is 3.40. The lowest BCUT2D eigenvalue weighted by atomic mass is 10.1. The Labute approximate surface area is 89.7 Å². The summed E-state index contributed by atoms with van der Waals surface area (Å²) in [5, 5.41) is 8.31. The second-order valence-corrected chi connectivity index (χ2v) is 4.62. The highest BCUT2D eigenvalue weighted by Gasteiger charge is 2.63. The van der Waals surface area contributed by atoms with Crippen LogP contribution >= 0.6 is 11.6 Å². The molecule has 0 heterocycles. The van der Waals surface area contributed by atoms with E-state index in [1.165, 1.54) is 0 Å². The van der Waals surface area contributed by atoms with Gasteiger partial charge in [0.1, 0.15) is 0 Å². The molecule has 1 aliphatic rings. The summed E-state index contributed by atoms with van der Waals surface area (Å²) in [6.07, 6.45) is -4.54. The van der Waals surface area contributed by atoms with Crippen LogP contribution in [0.2, 0.25) is 0 Å². The molecule has 6 heteroatoms. The fourth-order valence-corrected chi connectivity index (χ4v) is 2.39. The molecule has 1 N–H and O–H groups in total. The first kappa shape index (κ1) is 12.4. The molecule has 86 valence electrons. The molecule has 0 aliphatic heterocycles. The van der Waals surface area contributed by atoms with Crippen molar-refractivity contribution in [1.82, 2.24) is 0 Å². The maximum atomic E-state index is 12.0. The van der Waals surface area contributed by atoms with Gasteiger partial charge in [-0.2, -0.15) is 13.2 Å². The maximum Gasteiger partial charge on any atom is 0.410 e. The van der Waals surface area contributed by atoms with Crippen LogP contribution in [-0.2, 0) is 4.79 Å². The van der Waals surface area contributed by atoms with Gasteiger partial charge in [-0.25, -0.2) is 0 Å². The SMILES string of the molecule is CC1(C)C(C(=O)O)C1C(Cl)=CC(F)(F)F. The van der Waals surface area contributed by atoms with Crippen LogP contribution in [0.4, 0.5) is 13.2 Å². The molecule has 1 aliphatic carbocycles. The zero-order chi connectivity index (χ0) is 12.0. The van der Waals surface area contributed by atoms with E-state index in [4.69, 9.17) is 16.7 Å². The average Bonchev–Trinajstić information content (AvgIpc) is 2.49. The van der Waals surface area contributed by atoms with E-state index in [0.29, 0.717) is 0 Å². The Morgan fingerprint density at radius 3 is 2.13 bits per heavy atom. The normalized spacial score (nSPS) is 30.1. The predicted molar refractivity (Wildman–Crippen MR) is 48.4 cm³/mol. The van der Waals surface area contributed by atoms with Gasteiger partial charge in [0, 0.05) is 17.0 Å². The van der Waals surface area contributed by atoms with Crippen molar-refractivity contribution in [1.29, 1.82) is 0 Å². The summed E-state index contributed by atoms with van der Waals surface area (Å²) in [6, 6.07) is 0. The van der Waals surface area contributed by atoms with Crippen molar-refractivity contribution in [3.8, 4) is 0 Å². The molecule has 0 bridgehead atoms. The highest BCUT2D eigenvalue weighted by Crippen LogP contribution is 2.62. The third kappa shape index (κ3) is 2.45. The number of hydrogen-bond acceptors (Lipinski definition) is 1. The first-order valence-corrected chi connectivity index (χ1v) is 4.63. The minimum absolute atomic E-state index is 0.0378. The van der Waals surface area contributed by atoms with Gasteiger partial charge < -0.3 is 5.11 Å². The standard InChI is InChI=1S/C9H10ClF3O2/c1-8(2)5(6(8)7(14)15)4(10)3-9(11,12)13/h3,5-6H,1-2H3,(H,14,15). The van der Waals surface area contributed by atoms with Crippen molar-refractivity contribution in [3.05, 3.63) is 11.1 Å². The number of aliphatic carboxylic acids is 1. The molecule has 0 aromatic carbocycles. The Hall–Kier alpha value is -0.710. The van der Waals surface area contributed by atoms with Gasteiger partial charge in [0.05, 0.1) is 5.92 Å². The molecule has 1 fully saturated rings. The van der Waals surface area contributed by atoms with E-state index in [-0.39, 0.29) is 6.08 Å². The first-order valence-electron chi connectivity index (χ1n) is 4.25. The molecule has 1 saturated carbocycles. The van der Waals surface area contributed by atoms with Gasteiger partial charge in [0.25, 0.3) is 0 Å². The topological polar surface area (TPSA) is 37.3 Å². The third-order valence-electron chi connectivity index (χ3n) is 2.69. The van der Waals surface area contributed by atoms with Gasteiger partial charge in [-0.05, 0) is 5.41 Å². The largest absolute Gasteiger partial charge is 0.481 e. The smallest absolute Gasteiger partial charge is 0.410 e. The van der Waals surface area contributed by atoms with Crippen LogP contribution in [0.15, 0.2) is 11.1 Å². The number of allylic oxidation sites excluding steroid dienone is 2. The Morgan fingerprint density at radius 2 is 1.87 bits per heavy atom. The van der Waals surface area contributed by atoms with Crippen molar-refractivity contribution in [2.24, 2.45) is 17.3 Å². The minimum atomic E-state index is -4.50. The number of carboxylic acids is 1. The van der Waals surface area contributed by atoms with Crippen LogP contribution in [0.1, 0.15) is 13.8 Å². The number of rotatable bonds is 2. The third-order valence-corrected chi connectivity index (χ3v) is 3.04. The summed E-state index contributed by atoms with van der Waals surface area (Å²) < 4.78 is 35.9. The minimum Gasteiger partial charge on any atom is -0.481 e. The molecule has 0 spiro atoms. The summed E-state index contributed by atoms with van der Waals surface area (Å²) in [6.45, 7) is 3.17. The lowest BCUT2D eigenvalue weighted by Crippen LogP contribution is -2.04. The van der Waals surface area contributed by atoms with Gasteiger partial charge in [0.2, 0.25) is 0 Å². The Morgan fingerprint density at radius 1 is 1.40 bits per heavy atom. The van der Waals surface area contributed by atoms with E-state index in [1.54, 1.807) is 13.8 Å². The molecule has 0 radical (unpaired) electrons. The van der Waals surface area contributed by atoms with Crippen molar-refractivity contribution in [2.45, 2.75) is 20.0 Å². The molecule has 0 amide bonds. The highest BCUT2D eigenvalue weighted by atomic mass is 35.5. The fourth-order valence-electron chi connectivity index (χ4n) is 1.86. The molecular weight excluding hydrogens is 233 g/mol. The predicted octanol–water partition coefficient (Wildman–Crippen LogP) is 3.03. The Balaban J connectivity index is 2.85. The lowest BCUT2D eigenvalue weighted by molar-refractivity contribution is -0.139. The van der Waals surface area contributed by atoms with Crippen molar-refractivity contribution in [2.75, 3.05) is 0 Å². The summed E-state index contributed by atoms with van der Waals surface area (Å²) in [5.41, 5.74) is -0.704. The van der Waals surface area contributed by atoms with E-state index in [1.807, 2.05) is 0 Å². The molecular formula is C9H10ClF3O2. The van der Waals surface area contributed by atoms with Gasteiger partial charge in [-0.1, -0.05) is 25.4 Å². The number of halogens is 4. The molecule has 2 unspecified atom stereocenters. The van der Waals surface area contributed by atoms with Crippen LogP contribution in [0, 0.1) is 17.3 Å². The van der Waals surface area contributed by atoms with Gasteiger partial charge >= 0.3 is 12.1 Å². The molecule has 0 aromatic rings. The summed E-state index contributed by atoms with van der Waals surface area (Å²) in [7, 11) is 0. The zero-order valence-corrected chi connectivity index (χ0v) is 8.86. The van der Waals surface area contributed by atoms with Crippen molar-refractivity contribution < 1.29 is 23.1 Å². The summed E-state index contributed by atoms with van der Waals surface area (Å²) in [5.74, 6) is -2.68. The monoisotopic (exact) mass is 242 g/mol. The fraction of sp³-hybridized carbons (Fsp3) is 0.667. The Bertz CT molecular complexity index is 320. The number of alkyl halides is 3. The molecule has 1 rings (SSSR count). The summed E-state index contributed by atoms with van der Waals surface area (Å²) in [4.78, 5) is 10.7. The van der Waals surface area contributed by atoms with Gasteiger partial charge in [-0.3, -0.25) is 4.79 Å². The van der Waals surface area contributed by atoms with E-state index >= 15 is 0 Å². The Kier molecular flexibility index (Phi) is 2.80. The second-order valence-electron chi connectivity index (χ2n) is 4.19. The lowest BCUT2D eigenvalue weighted by Gasteiger charge is -2.03. The van der Waals surface area contributed by atoms with Crippen LogP contribution in [0.5, 0.6) is 0 Å². The van der Waals surface area contributed by atoms with Crippen LogP contribution in [0.25, 0.3) is 0 Å². The molecule has 15 heavy (non-hydrogen) atoms. The van der Waals surface area contributed by atoms with Crippen molar-refractivity contribution in [3.63, 3.8) is 0 Å². The average molecular weight is 243 g/mol. The summed E-state index contributed by atoms with van der Waals surface area (Å²) >= 11 is 5.46. The van der Waals surface area contributed by atoms with E-state index in [9.17, 15) is 18.0 Å². The molecule has 2 nitrogen and oxygen atoms in total. The van der Waals surface area contributed by atoms with Crippen LogP contribution in [0.3, 0.4) is 0 Å². The molecule has 0 aromatic heterocycles. The van der Waals surface area contributed by atoms with Crippen molar-refractivity contribution >= 4 is 17.6 Å². The first-order chi connectivity index (χ1) is 6.57. The number of carboxylic acid groups (broad SMARTS) is 1. The van der Waals surface area contributed by atoms with E-state index in [2.05, 4.69) is 0 Å². The molecule has 2 atom stereocenters. The van der Waals surface area contributed by atoms with E-state index in [0.717, 1.165) is 0 Å². The van der Waals surface area contributed by atoms with Crippen LogP contribution in [-0.4, -0.2) is 17.3 Å². The van der Waals surface area contributed by atoms with E-state index < -0.39 is 34.4 Å². The number of hydrogen-bond donors (Lipinski definition) is 1. The maximum absolute atomic E-state index is 12.0. The van der Waals surface area contributed by atoms with Crippen LogP contribution < -0.4 is 0 Å². The van der Waals surface area contributed by atoms with Gasteiger partial charge in [0.15, 0.2) is 0 Å². The highest BCUT2D eigenvalue weighted by molar-refractivity contribution is 6.30. The van der Waals surface area contributed by atoms with Gasteiger partial charge in [-0.15, -0.1) is 0 Å². The molecule has 0 saturated heterocycles. The quantitative estimate of drug-likeness (QED) is 0.808. The zero-order valence-electron chi connectivity index (χ0n) is 8.10.